The third-order valence-electron chi connectivity index (χ3n) is 8.70. The topological polar surface area (TPSA) is 96.4 Å². The molecule has 9 heteroatoms. The maximum atomic E-state index is 14.2. The predicted octanol–water partition coefficient (Wildman–Crippen LogP) is 3.35. The molecule has 0 radical (unpaired) electrons. The standard InChI is InChI=1S/C33H37N5O4/c1-22(24-7-4-3-5-8-24)17-30(40)38-29-20-36(19-26-10-6-9-25-15-16-34-32(25)26)33(42)28(37(29)31(41)21-35(38)2)18-23-11-13-27(39)14-12-23/h3-14,22,28-29,34,39H,15-21H2,1-2H3/t22-,28-,29?/m0/s1. The van der Waals surface area contributed by atoms with Crippen molar-refractivity contribution in [1.29, 1.82) is 0 Å². The van der Waals surface area contributed by atoms with Gasteiger partial charge in [-0.05, 0) is 46.7 Å². The number of amides is 3. The quantitative estimate of drug-likeness (QED) is 0.455. The monoisotopic (exact) mass is 567 g/mol. The molecule has 2 fully saturated rings. The van der Waals surface area contributed by atoms with E-state index in [1.807, 2.05) is 49.4 Å². The zero-order valence-corrected chi connectivity index (χ0v) is 24.1. The van der Waals surface area contributed by atoms with E-state index in [0.717, 1.165) is 35.3 Å². The molecule has 3 heterocycles. The minimum absolute atomic E-state index is 0.00900. The van der Waals surface area contributed by atoms with Crippen LogP contribution >= 0.6 is 0 Å². The summed E-state index contributed by atoms with van der Waals surface area (Å²) in [5.74, 6) is -0.278. The molecule has 9 nitrogen and oxygen atoms in total. The first-order valence-corrected chi connectivity index (χ1v) is 14.6. The molecule has 3 atom stereocenters. The zero-order chi connectivity index (χ0) is 29.4. The van der Waals surface area contributed by atoms with Crippen LogP contribution in [0.15, 0.2) is 72.8 Å². The highest BCUT2D eigenvalue weighted by Crippen LogP contribution is 2.33. The molecule has 3 aromatic rings. The number of anilines is 1. The van der Waals surface area contributed by atoms with Gasteiger partial charge >= 0.3 is 0 Å². The minimum atomic E-state index is -0.777. The van der Waals surface area contributed by atoms with Gasteiger partial charge in [0.05, 0.1) is 13.1 Å². The summed E-state index contributed by atoms with van der Waals surface area (Å²) in [4.78, 5) is 45.2. The number of phenolic OH excluding ortho intramolecular Hbond substituents is 1. The molecule has 2 saturated heterocycles. The fraction of sp³-hybridized carbons (Fsp3) is 0.364. The van der Waals surface area contributed by atoms with Crippen LogP contribution in [0.1, 0.15) is 41.5 Å². The number of carbonyl (C=O) groups is 3. The van der Waals surface area contributed by atoms with Crippen LogP contribution in [0.3, 0.4) is 0 Å². The van der Waals surface area contributed by atoms with Gasteiger partial charge in [0.2, 0.25) is 17.7 Å². The number of fused-ring (bicyclic) bond motifs is 2. The molecule has 0 saturated carbocycles. The fourth-order valence-electron chi connectivity index (χ4n) is 6.57. The van der Waals surface area contributed by atoms with Crippen molar-refractivity contribution in [3.63, 3.8) is 0 Å². The van der Waals surface area contributed by atoms with Crippen LogP contribution in [0.5, 0.6) is 5.75 Å². The van der Waals surface area contributed by atoms with Crippen molar-refractivity contribution in [2.75, 3.05) is 32.0 Å². The van der Waals surface area contributed by atoms with Crippen LogP contribution in [0.4, 0.5) is 5.69 Å². The highest BCUT2D eigenvalue weighted by atomic mass is 16.3. The van der Waals surface area contributed by atoms with E-state index in [2.05, 4.69) is 11.4 Å². The summed E-state index contributed by atoms with van der Waals surface area (Å²) >= 11 is 0. The number of piperazine rings is 1. The van der Waals surface area contributed by atoms with Gasteiger partial charge < -0.3 is 20.2 Å². The van der Waals surface area contributed by atoms with E-state index in [0.29, 0.717) is 6.54 Å². The number of phenols is 1. The van der Waals surface area contributed by atoms with E-state index in [-0.39, 0.29) is 55.3 Å². The van der Waals surface area contributed by atoms with Crippen LogP contribution in [-0.2, 0) is 33.8 Å². The lowest BCUT2D eigenvalue weighted by atomic mass is 9.96. The molecular formula is C33H37N5O4. The number of aromatic hydroxyl groups is 1. The molecule has 3 amide bonds. The van der Waals surface area contributed by atoms with Crippen molar-refractivity contribution in [3.8, 4) is 5.75 Å². The lowest BCUT2D eigenvalue weighted by molar-refractivity contribution is -0.203. The zero-order valence-electron chi connectivity index (χ0n) is 24.1. The first-order valence-electron chi connectivity index (χ1n) is 14.6. The van der Waals surface area contributed by atoms with E-state index in [1.165, 1.54) is 5.56 Å². The maximum absolute atomic E-state index is 14.2. The van der Waals surface area contributed by atoms with Gasteiger partial charge in [-0.15, -0.1) is 0 Å². The molecular weight excluding hydrogens is 530 g/mol. The summed E-state index contributed by atoms with van der Waals surface area (Å²) in [6.45, 7) is 3.51. The molecule has 218 valence electrons. The molecule has 0 aromatic heterocycles. The van der Waals surface area contributed by atoms with Crippen molar-refractivity contribution in [2.24, 2.45) is 0 Å². The van der Waals surface area contributed by atoms with Crippen LogP contribution in [0.2, 0.25) is 0 Å². The van der Waals surface area contributed by atoms with Crippen LogP contribution in [0.25, 0.3) is 0 Å². The number of benzene rings is 3. The SMILES string of the molecule is C[C@@H](CC(=O)N1C2CN(Cc3cccc4c3NCC4)C(=O)[C@H](Cc3ccc(O)cc3)N2C(=O)CN1C)c1ccccc1. The van der Waals surface area contributed by atoms with E-state index in [1.54, 1.807) is 51.1 Å². The third-order valence-corrected chi connectivity index (χ3v) is 8.70. The molecule has 6 rings (SSSR count). The van der Waals surface area contributed by atoms with Crippen LogP contribution < -0.4 is 5.32 Å². The Morgan fingerprint density at radius 2 is 1.79 bits per heavy atom. The van der Waals surface area contributed by atoms with E-state index in [4.69, 9.17) is 0 Å². The first-order chi connectivity index (χ1) is 20.3. The van der Waals surface area contributed by atoms with E-state index in [9.17, 15) is 19.5 Å². The van der Waals surface area contributed by atoms with Gasteiger partial charge in [0.25, 0.3) is 0 Å². The van der Waals surface area contributed by atoms with Crippen molar-refractivity contribution in [1.82, 2.24) is 19.8 Å². The number of hydrogen-bond acceptors (Lipinski definition) is 6. The molecule has 3 aliphatic rings. The highest BCUT2D eigenvalue weighted by Gasteiger charge is 2.50. The Bertz CT molecular complexity index is 1480. The van der Waals surface area contributed by atoms with E-state index < -0.39 is 12.2 Å². The summed E-state index contributed by atoms with van der Waals surface area (Å²) in [6, 6.07) is 22.1. The minimum Gasteiger partial charge on any atom is -0.508 e. The van der Waals surface area contributed by atoms with Crippen LogP contribution in [0, 0.1) is 0 Å². The first kappa shape index (κ1) is 27.8. The molecule has 2 N–H and O–H groups in total. The van der Waals surface area contributed by atoms with Crippen molar-refractivity contribution < 1.29 is 19.5 Å². The Kier molecular flexibility index (Phi) is 7.60. The molecule has 3 aromatic carbocycles. The number of likely N-dealkylation sites (N-methyl/N-ethyl adjacent to an activating group) is 1. The Hall–Kier alpha value is -4.37. The van der Waals surface area contributed by atoms with Crippen molar-refractivity contribution in [2.45, 2.75) is 50.9 Å². The van der Waals surface area contributed by atoms with Crippen molar-refractivity contribution in [3.05, 3.63) is 95.1 Å². The normalized spacial score (nSPS) is 21.1. The van der Waals surface area contributed by atoms with Crippen molar-refractivity contribution >= 4 is 23.4 Å². The van der Waals surface area contributed by atoms with Gasteiger partial charge in [-0.1, -0.05) is 67.6 Å². The molecule has 3 aliphatic heterocycles. The third kappa shape index (κ3) is 5.32. The Labute approximate surface area is 246 Å². The van der Waals surface area contributed by atoms with Gasteiger partial charge in [-0.3, -0.25) is 19.4 Å². The molecule has 1 unspecified atom stereocenters. The lowest BCUT2D eigenvalue weighted by Crippen LogP contribution is -2.75. The summed E-state index contributed by atoms with van der Waals surface area (Å²) < 4.78 is 0. The smallest absolute Gasteiger partial charge is 0.246 e. The largest absolute Gasteiger partial charge is 0.508 e. The maximum Gasteiger partial charge on any atom is 0.246 e. The van der Waals surface area contributed by atoms with Gasteiger partial charge in [-0.25, -0.2) is 5.01 Å². The fourth-order valence-corrected chi connectivity index (χ4v) is 6.57. The second kappa shape index (κ2) is 11.5. The number of carbonyl (C=O) groups excluding carboxylic acids is 3. The Balaban J connectivity index is 1.33. The summed E-state index contributed by atoms with van der Waals surface area (Å²) in [6.07, 6.45) is 0.878. The van der Waals surface area contributed by atoms with Gasteiger partial charge in [0.15, 0.2) is 0 Å². The second-order valence-electron chi connectivity index (χ2n) is 11.6. The number of nitrogens with zero attached hydrogens (tertiary/aromatic N) is 4. The van der Waals surface area contributed by atoms with E-state index >= 15 is 0 Å². The van der Waals surface area contributed by atoms with Gasteiger partial charge in [-0.2, -0.15) is 0 Å². The number of para-hydroxylation sites is 1. The molecule has 0 aliphatic carbocycles. The summed E-state index contributed by atoms with van der Waals surface area (Å²) in [5, 5.41) is 16.7. The summed E-state index contributed by atoms with van der Waals surface area (Å²) in [7, 11) is 1.77. The number of nitrogens with one attached hydrogen (secondary N) is 1. The highest BCUT2D eigenvalue weighted by molar-refractivity contribution is 5.92. The Morgan fingerprint density at radius 1 is 1.02 bits per heavy atom. The average molecular weight is 568 g/mol. The molecule has 0 spiro atoms. The molecule has 42 heavy (non-hydrogen) atoms. The second-order valence-corrected chi connectivity index (χ2v) is 11.6. The number of hydrazine groups is 1. The predicted molar refractivity (Wildman–Crippen MR) is 159 cm³/mol. The summed E-state index contributed by atoms with van der Waals surface area (Å²) in [5.41, 5.74) is 5.25. The number of rotatable bonds is 7. The van der Waals surface area contributed by atoms with Gasteiger partial charge in [0, 0.05) is 38.7 Å². The lowest BCUT2D eigenvalue weighted by Gasteiger charge is -2.55. The number of hydrogen-bond donors (Lipinski definition) is 2. The van der Waals surface area contributed by atoms with Gasteiger partial charge in [0.1, 0.15) is 18.0 Å². The molecule has 0 bridgehead atoms. The Morgan fingerprint density at radius 3 is 2.55 bits per heavy atom. The van der Waals surface area contributed by atoms with Crippen LogP contribution in [-0.4, -0.2) is 81.5 Å². The average Bonchev–Trinajstić information content (AvgIpc) is 3.47.